The van der Waals surface area contributed by atoms with Crippen molar-refractivity contribution in [3.05, 3.63) is 29.6 Å². The van der Waals surface area contributed by atoms with Gasteiger partial charge in [0.2, 0.25) is 0 Å². The second-order valence-electron chi connectivity index (χ2n) is 4.41. The number of hydrogen-bond acceptors (Lipinski definition) is 3. The van der Waals surface area contributed by atoms with Crippen molar-refractivity contribution < 1.29 is 9.18 Å². The molecule has 6 heteroatoms. The molecule has 0 radical (unpaired) electrons. The van der Waals surface area contributed by atoms with Gasteiger partial charge < -0.3 is 5.32 Å². The highest BCUT2D eigenvalue weighted by atomic mass is 32.2. The van der Waals surface area contributed by atoms with Crippen molar-refractivity contribution in [3.8, 4) is 0 Å². The molecule has 1 N–H and O–H groups in total. The zero-order valence-electron chi connectivity index (χ0n) is 10.8. The first-order valence-corrected chi connectivity index (χ1v) is 7.74. The molecule has 1 amide bonds. The Hall–Kier alpha value is -1.14. The number of anilines is 1. The van der Waals surface area contributed by atoms with Gasteiger partial charge in [0.1, 0.15) is 11.9 Å². The largest absolute Gasteiger partial charge is 0.350 e. The van der Waals surface area contributed by atoms with Crippen molar-refractivity contribution in [2.75, 3.05) is 16.9 Å². The van der Waals surface area contributed by atoms with Crippen molar-refractivity contribution in [1.29, 1.82) is 0 Å². The molecule has 1 aliphatic heterocycles. The number of aryl methyl sites for hydroxylation is 1. The Balaban J connectivity index is 2.25. The van der Waals surface area contributed by atoms with Crippen LogP contribution in [0.15, 0.2) is 18.2 Å². The first-order chi connectivity index (χ1) is 9.04. The third-order valence-corrected chi connectivity index (χ3v) is 3.92. The van der Waals surface area contributed by atoms with E-state index < -0.39 is 5.82 Å². The van der Waals surface area contributed by atoms with Crippen molar-refractivity contribution in [1.82, 2.24) is 5.32 Å². The van der Waals surface area contributed by atoms with Gasteiger partial charge in [-0.05, 0) is 55.3 Å². The molecule has 1 heterocycles. The van der Waals surface area contributed by atoms with E-state index >= 15 is 0 Å². The number of amides is 1. The second kappa shape index (κ2) is 5.88. The number of benzene rings is 1. The lowest BCUT2D eigenvalue weighted by atomic mass is 10.2. The van der Waals surface area contributed by atoms with Gasteiger partial charge in [-0.2, -0.15) is 11.8 Å². The molecule has 19 heavy (non-hydrogen) atoms. The van der Waals surface area contributed by atoms with Gasteiger partial charge in [0.25, 0.3) is 5.91 Å². The van der Waals surface area contributed by atoms with Crippen LogP contribution >= 0.6 is 24.0 Å². The number of carbonyl (C=O) groups is 1. The minimum absolute atomic E-state index is 0.179. The van der Waals surface area contributed by atoms with Crippen LogP contribution in [0.4, 0.5) is 10.1 Å². The summed E-state index contributed by atoms with van der Waals surface area (Å²) in [5.41, 5.74) is 1.03. The topological polar surface area (TPSA) is 32.3 Å². The number of hydrogen-bond donors (Lipinski definition) is 1. The summed E-state index contributed by atoms with van der Waals surface area (Å²) in [6.45, 7) is 1.80. The molecule has 1 aromatic carbocycles. The van der Waals surface area contributed by atoms with Gasteiger partial charge in [-0.15, -0.1) is 0 Å². The molecule has 0 spiro atoms. The molecular weight excluding hydrogens is 283 g/mol. The third-order valence-electron chi connectivity index (χ3n) is 2.97. The number of nitrogens with zero attached hydrogens (tertiary/aromatic N) is 1. The minimum atomic E-state index is -0.428. The highest BCUT2D eigenvalue weighted by molar-refractivity contribution is 7.98. The summed E-state index contributed by atoms with van der Waals surface area (Å²) in [6.07, 6.45) is 2.67. The molecule has 1 unspecified atom stereocenters. The van der Waals surface area contributed by atoms with Crippen LogP contribution in [0.3, 0.4) is 0 Å². The Bertz CT molecular complexity index is 521. The number of thiocarbonyl (C=S) groups is 1. The van der Waals surface area contributed by atoms with E-state index in [9.17, 15) is 9.18 Å². The molecule has 1 atom stereocenters. The van der Waals surface area contributed by atoms with Crippen molar-refractivity contribution >= 4 is 40.7 Å². The molecule has 1 aromatic rings. The fraction of sp³-hybridized carbons (Fsp3) is 0.385. The fourth-order valence-corrected chi connectivity index (χ4v) is 2.79. The van der Waals surface area contributed by atoms with Crippen LogP contribution in [-0.2, 0) is 4.79 Å². The van der Waals surface area contributed by atoms with E-state index in [-0.39, 0.29) is 22.7 Å². The molecule has 102 valence electrons. The van der Waals surface area contributed by atoms with Crippen LogP contribution in [0.5, 0.6) is 0 Å². The highest BCUT2D eigenvalue weighted by Crippen LogP contribution is 2.25. The summed E-state index contributed by atoms with van der Waals surface area (Å²) < 4.78 is 13.9. The van der Waals surface area contributed by atoms with Gasteiger partial charge in [0.05, 0.1) is 5.69 Å². The van der Waals surface area contributed by atoms with Crippen LogP contribution < -0.4 is 10.2 Å². The molecule has 0 bridgehead atoms. The van der Waals surface area contributed by atoms with E-state index in [0.29, 0.717) is 6.42 Å². The Labute approximate surface area is 121 Å². The molecule has 2 rings (SSSR count). The van der Waals surface area contributed by atoms with Crippen LogP contribution in [0.25, 0.3) is 0 Å². The highest BCUT2D eigenvalue weighted by Gasteiger charge is 2.37. The summed E-state index contributed by atoms with van der Waals surface area (Å²) in [7, 11) is 0. The van der Waals surface area contributed by atoms with E-state index in [0.717, 1.165) is 11.3 Å². The number of thioether (sulfide) groups is 1. The predicted octanol–water partition coefficient (Wildman–Crippen LogP) is 2.48. The smallest absolute Gasteiger partial charge is 0.255 e. The summed E-state index contributed by atoms with van der Waals surface area (Å²) in [6, 6.07) is 4.41. The van der Waals surface area contributed by atoms with Crippen LogP contribution in [0, 0.1) is 12.7 Å². The Morgan fingerprint density at radius 1 is 1.53 bits per heavy atom. The standard InChI is InChI=1S/C13H15FN2OS2/c1-8-3-4-11(9(14)7-8)16-12(17)10(5-6-19-2)15-13(16)18/h3-4,7,10H,5-6H2,1-2H3,(H,15,18). The lowest BCUT2D eigenvalue weighted by Gasteiger charge is -2.16. The zero-order chi connectivity index (χ0) is 14.0. The maximum atomic E-state index is 13.9. The Morgan fingerprint density at radius 2 is 2.26 bits per heavy atom. The Kier molecular flexibility index (Phi) is 4.42. The molecule has 1 saturated heterocycles. The van der Waals surface area contributed by atoms with Gasteiger partial charge in [-0.1, -0.05) is 6.07 Å². The maximum absolute atomic E-state index is 13.9. The van der Waals surface area contributed by atoms with Gasteiger partial charge >= 0.3 is 0 Å². The average Bonchev–Trinajstić information content (AvgIpc) is 2.63. The SMILES string of the molecule is CSCCC1NC(=S)N(c2ccc(C)cc2F)C1=O. The molecule has 0 saturated carbocycles. The minimum Gasteiger partial charge on any atom is -0.350 e. The summed E-state index contributed by atoms with van der Waals surface area (Å²) in [5.74, 6) is 0.251. The Morgan fingerprint density at radius 3 is 2.89 bits per heavy atom. The van der Waals surface area contributed by atoms with E-state index in [2.05, 4.69) is 5.32 Å². The van der Waals surface area contributed by atoms with Crippen LogP contribution in [0.1, 0.15) is 12.0 Å². The van der Waals surface area contributed by atoms with Crippen LogP contribution in [-0.4, -0.2) is 29.1 Å². The summed E-state index contributed by atoms with van der Waals surface area (Å²) in [5, 5.41) is 3.23. The lowest BCUT2D eigenvalue weighted by molar-refractivity contribution is -0.118. The predicted molar refractivity (Wildman–Crippen MR) is 81.1 cm³/mol. The lowest BCUT2D eigenvalue weighted by Crippen LogP contribution is -2.32. The number of carbonyl (C=O) groups excluding carboxylic acids is 1. The van der Waals surface area contributed by atoms with Gasteiger partial charge in [0, 0.05) is 0 Å². The quantitative estimate of drug-likeness (QED) is 0.866. The van der Waals surface area contributed by atoms with Crippen molar-refractivity contribution in [2.45, 2.75) is 19.4 Å². The van der Waals surface area contributed by atoms with E-state index in [1.54, 1.807) is 30.8 Å². The maximum Gasteiger partial charge on any atom is 0.255 e. The van der Waals surface area contributed by atoms with Crippen molar-refractivity contribution in [2.24, 2.45) is 0 Å². The number of halogens is 1. The van der Waals surface area contributed by atoms with E-state index in [1.807, 2.05) is 6.26 Å². The van der Waals surface area contributed by atoms with E-state index in [1.165, 1.54) is 11.0 Å². The second-order valence-corrected chi connectivity index (χ2v) is 5.78. The molecule has 1 fully saturated rings. The van der Waals surface area contributed by atoms with Crippen molar-refractivity contribution in [3.63, 3.8) is 0 Å². The number of nitrogens with one attached hydrogen (secondary N) is 1. The van der Waals surface area contributed by atoms with Gasteiger partial charge in [-0.3, -0.25) is 9.69 Å². The molecule has 1 aliphatic rings. The van der Waals surface area contributed by atoms with Gasteiger partial charge in [0.15, 0.2) is 5.11 Å². The summed E-state index contributed by atoms with van der Waals surface area (Å²) >= 11 is 6.81. The fourth-order valence-electron chi connectivity index (χ4n) is 1.98. The van der Waals surface area contributed by atoms with Gasteiger partial charge in [-0.25, -0.2) is 4.39 Å². The summed E-state index contributed by atoms with van der Waals surface area (Å²) in [4.78, 5) is 13.5. The zero-order valence-corrected chi connectivity index (χ0v) is 12.4. The first kappa shape index (κ1) is 14.3. The van der Waals surface area contributed by atoms with Crippen LogP contribution in [0.2, 0.25) is 0 Å². The average molecular weight is 298 g/mol. The first-order valence-electron chi connectivity index (χ1n) is 5.94. The normalized spacial score (nSPS) is 18.9. The molecule has 0 aromatic heterocycles. The number of rotatable bonds is 4. The third kappa shape index (κ3) is 2.90. The molecule has 3 nitrogen and oxygen atoms in total. The van der Waals surface area contributed by atoms with E-state index in [4.69, 9.17) is 12.2 Å². The monoisotopic (exact) mass is 298 g/mol. The molecular formula is C13H15FN2OS2. The molecule has 0 aliphatic carbocycles.